The molecule has 3 N–H and O–H groups in total. The quantitative estimate of drug-likeness (QED) is 0.0996. The Bertz CT molecular complexity index is 2030. The van der Waals surface area contributed by atoms with E-state index in [9.17, 15) is 28.8 Å². The molecule has 19 heteroatoms. The minimum absolute atomic E-state index is 0.0622. The number of ether oxygens (including phenoxy) is 5. The molecule has 2 aromatic carbocycles. The molecule has 0 aliphatic carbocycles. The van der Waals surface area contributed by atoms with E-state index in [0.29, 0.717) is 40.6 Å². The fraction of sp³-hybridized carbons (Fsp3) is 0.500. The predicted molar refractivity (Wildman–Crippen MR) is 224 cm³/mol. The van der Waals surface area contributed by atoms with Gasteiger partial charge >= 0.3 is 0 Å². The summed E-state index contributed by atoms with van der Waals surface area (Å²) < 4.78 is 29.0. The molecule has 2 aromatic rings. The van der Waals surface area contributed by atoms with E-state index in [1.54, 1.807) is 75.3 Å². The van der Waals surface area contributed by atoms with Crippen LogP contribution in [0.1, 0.15) is 80.0 Å². The van der Waals surface area contributed by atoms with Crippen LogP contribution < -0.4 is 39.9 Å². The summed E-state index contributed by atoms with van der Waals surface area (Å²) in [7, 11) is 7.78. The Morgan fingerprint density at radius 1 is 0.902 bits per heavy atom. The van der Waals surface area contributed by atoms with Gasteiger partial charge in [0.15, 0.2) is 23.0 Å². The van der Waals surface area contributed by atoms with E-state index >= 15 is 0 Å². The van der Waals surface area contributed by atoms with E-state index < -0.39 is 47.8 Å². The lowest BCUT2D eigenvalue weighted by Crippen LogP contribution is -2.57. The Labute approximate surface area is 355 Å². The molecule has 3 aliphatic heterocycles. The number of hydrogen-bond donors (Lipinski definition) is 3. The molecule has 5 rings (SSSR count). The molecule has 330 valence electrons. The maximum atomic E-state index is 13.6. The number of rotatable bonds is 20. The first-order valence-electron chi connectivity index (χ1n) is 20.1. The summed E-state index contributed by atoms with van der Waals surface area (Å²) in [4.78, 5) is 87.0. The fourth-order valence-corrected chi connectivity index (χ4v) is 7.08. The topological polar surface area (TPSA) is 210 Å². The van der Waals surface area contributed by atoms with Crippen LogP contribution in [0.2, 0.25) is 0 Å². The highest BCUT2D eigenvalue weighted by atomic mass is 16.5. The van der Waals surface area contributed by atoms with E-state index in [4.69, 9.17) is 23.7 Å². The van der Waals surface area contributed by atoms with Crippen molar-refractivity contribution in [1.29, 1.82) is 0 Å². The van der Waals surface area contributed by atoms with Crippen LogP contribution in [0.15, 0.2) is 42.0 Å². The highest BCUT2D eigenvalue weighted by Gasteiger charge is 2.39. The van der Waals surface area contributed by atoms with E-state index in [1.807, 2.05) is 0 Å². The average Bonchev–Trinajstić information content (AvgIpc) is 3.79. The Morgan fingerprint density at radius 3 is 2.15 bits per heavy atom. The summed E-state index contributed by atoms with van der Waals surface area (Å²) in [6.07, 6.45) is 4.36. The first-order valence-corrected chi connectivity index (χ1v) is 20.1. The van der Waals surface area contributed by atoms with Gasteiger partial charge in [0.25, 0.3) is 11.8 Å². The van der Waals surface area contributed by atoms with E-state index in [2.05, 4.69) is 27.6 Å². The molecule has 3 heterocycles. The van der Waals surface area contributed by atoms with Crippen molar-refractivity contribution in [3.05, 3.63) is 48.2 Å². The number of fused-ring (bicyclic) bond motifs is 2. The van der Waals surface area contributed by atoms with Gasteiger partial charge in [-0.25, -0.2) is 10.4 Å². The molecule has 0 bridgehead atoms. The van der Waals surface area contributed by atoms with Gasteiger partial charge < -0.3 is 49.0 Å². The van der Waals surface area contributed by atoms with Gasteiger partial charge in [0, 0.05) is 58.8 Å². The Hall–Kier alpha value is -6.21. The zero-order valence-corrected chi connectivity index (χ0v) is 35.9. The second-order valence-electron chi connectivity index (χ2n) is 14.8. The van der Waals surface area contributed by atoms with Crippen LogP contribution in [0.3, 0.4) is 0 Å². The van der Waals surface area contributed by atoms with Crippen molar-refractivity contribution in [3.8, 4) is 23.0 Å². The number of carbonyl (C=O) groups is 6. The van der Waals surface area contributed by atoms with Crippen LogP contribution >= 0.6 is 0 Å². The van der Waals surface area contributed by atoms with Gasteiger partial charge in [-0.05, 0) is 51.4 Å². The molecule has 2 unspecified atom stereocenters. The summed E-state index contributed by atoms with van der Waals surface area (Å²) in [5.74, 6) is -1.13. The third-order valence-electron chi connectivity index (χ3n) is 10.8. The molecule has 0 spiro atoms. The van der Waals surface area contributed by atoms with Crippen molar-refractivity contribution >= 4 is 53.0 Å². The van der Waals surface area contributed by atoms with E-state index in [1.165, 1.54) is 32.2 Å². The zero-order valence-electron chi connectivity index (χ0n) is 35.9. The summed E-state index contributed by atoms with van der Waals surface area (Å²) in [5.41, 5.74) is 4.17. The molecule has 0 aromatic heterocycles. The van der Waals surface area contributed by atoms with Crippen LogP contribution in [0.25, 0.3) is 0 Å². The fourth-order valence-electron chi connectivity index (χ4n) is 7.08. The number of methoxy groups -OCH3 is 3. The van der Waals surface area contributed by atoms with Crippen LogP contribution in [0.4, 0.5) is 11.4 Å². The van der Waals surface area contributed by atoms with Crippen molar-refractivity contribution in [2.24, 2.45) is 4.99 Å². The highest BCUT2D eigenvalue weighted by Crippen LogP contribution is 2.40. The van der Waals surface area contributed by atoms with E-state index in [0.717, 1.165) is 17.9 Å². The Kier molecular flexibility index (Phi) is 15.3. The molecule has 2 saturated heterocycles. The normalized spacial score (nSPS) is 18.3. The van der Waals surface area contributed by atoms with Gasteiger partial charge in [0.1, 0.15) is 18.3 Å². The number of benzene rings is 2. The Balaban J connectivity index is 1.25. The largest absolute Gasteiger partial charge is 0.493 e. The van der Waals surface area contributed by atoms with Crippen LogP contribution in [-0.2, 0) is 23.9 Å². The summed E-state index contributed by atoms with van der Waals surface area (Å²) in [6.45, 7) is 9.02. The molecule has 2 fully saturated rings. The Morgan fingerprint density at radius 2 is 1.54 bits per heavy atom. The molecule has 0 radical (unpaired) electrons. The second-order valence-corrected chi connectivity index (χ2v) is 14.8. The number of anilines is 1. The number of aliphatic imine (C=N–C) groups is 1. The molecule has 6 amide bonds. The maximum absolute atomic E-state index is 13.6. The first kappa shape index (κ1) is 45.9. The van der Waals surface area contributed by atoms with Gasteiger partial charge in [0.2, 0.25) is 23.6 Å². The van der Waals surface area contributed by atoms with Crippen LogP contribution in [0.5, 0.6) is 23.0 Å². The summed E-state index contributed by atoms with van der Waals surface area (Å²) in [5, 5.41) is 6.36. The number of hydrogen-bond acceptors (Lipinski definition) is 14. The summed E-state index contributed by atoms with van der Waals surface area (Å²) >= 11 is 0. The standard InChI is InChI=1S/C42H56N8O11/c1-10-29(46-50-36(51)14-15-37(50)52)40(54)44-24(3)39(53)45-25(4)48(6)31-22-35(33(58-8)20-28(31)41(55)47(5)11-2)61-18-12-17-60-34-21-30-27(19-32(34)57-7)42(56)49-26(23-43-30)13-16-38(49)59-9/h11,19-26,29,38,46H,2,10,12-18H2,1,3-9H3,(H,44,54)(H,45,53)/t24-,25?,26-,29-,38?/m0/s1. The number of nitrogens with one attached hydrogen (secondary N) is 3. The number of imide groups is 1. The van der Waals surface area contributed by atoms with Gasteiger partial charge in [-0.15, -0.1) is 0 Å². The highest BCUT2D eigenvalue weighted by molar-refractivity contribution is 6.04. The van der Waals surface area contributed by atoms with E-state index in [-0.39, 0.29) is 62.0 Å². The molecule has 5 atom stereocenters. The van der Waals surface area contributed by atoms with Crippen LogP contribution in [0, 0.1) is 0 Å². The zero-order chi connectivity index (χ0) is 44.5. The number of amides is 6. The smallest absolute Gasteiger partial charge is 0.259 e. The van der Waals surface area contributed by atoms with Gasteiger partial charge in [-0.2, -0.15) is 0 Å². The van der Waals surface area contributed by atoms with Crippen molar-refractivity contribution in [2.45, 2.75) is 89.8 Å². The molecule has 0 saturated carbocycles. The number of carbonyl (C=O) groups excluding carboxylic acids is 6. The lowest BCUT2D eigenvalue weighted by molar-refractivity contribution is -0.144. The minimum atomic E-state index is -1.00. The summed E-state index contributed by atoms with van der Waals surface area (Å²) in [6, 6.07) is 4.41. The number of hydrazine groups is 1. The van der Waals surface area contributed by atoms with Gasteiger partial charge in [0.05, 0.1) is 62.1 Å². The van der Waals surface area contributed by atoms with Gasteiger partial charge in [-0.1, -0.05) is 13.5 Å². The minimum Gasteiger partial charge on any atom is -0.493 e. The molecular weight excluding hydrogens is 793 g/mol. The molecular formula is C42H56N8O11. The first-order chi connectivity index (χ1) is 29.2. The third-order valence-corrected chi connectivity index (χ3v) is 10.8. The van der Waals surface area contributed by atoms with Crippen molar-refractivity contribution < 1.29 is 52.5 Å². The SMILES string of the molecule is C=CN(C)C(=O)c1cc(OC)c(OCCCOc2cc3c(cc2OC)C(=O)N2C(OC)CC[C@H]2C=N3)cc1N(C)C(C)NC(=O)[C@H](C)NC(=O)[C@H](CC)NN1C(=O)CCC1=O. The van der Waals surface area contributed by atoms with Gasteiger partial charge in [-0.3, -0.25) is 33.8 Å². The molecule has 61 heavy (non-hydrogen) atoms. The van der Waals surface area contributed by atoms with Crippen LogP contribution in [-0.4, -0.2) is 136 Å². The second kappa shape index (κ2) is 20.4. The lowest BCUT2D eigenvalue weighted by atomic mass is 10.1. The van der Waals surface area contributed by atoms with Crippen molar-refractivity contribution in [1.82, 2.24) is 30.9 Å². The molecule has 3 aliphatic rings. The maximum Gasteiger partial charge on any atom is 0.259 e. The molecule has 19 nitrogen and oxygen atoms in total. The average molecular weight is 849 g/mol. The van der Waals surface area contributed by atoms with Crippen molar-refractivity contribution in [3.63, 3.8) is 0 Å². The third kappa shape index (κ3) is 10.2. The van der Waals surface area contributed by atoms with Crippen molar-refractivity contribution in [2.75, 3.05) is 53.5 Å². The lowest BCUT2D eigenvalue weighted by Gasteiger charge is -2.31. The monoisotopic (exact) mass is 848 g/mol. The predicted octanol–water partition coefficient (Wildman–Crippen LogP) is 2.90. The number of nitrogens with zero attached hydrogens (tertiary/aromatic N) is 5.